The summed E-state index contributed by atoms with van der Waals surface area (Å²) in [5.74, 6) is 0.143. The van der Waals surface area contributed by atoms with Gasteiger partial charge in [0, 0.05) is 11.9 Å². The van der Waals surface area contributed by atoms with E-state index in [-0.39, 0.29) is 5.69 Å². The van der Waals surface area contributed by atoms with Crippen molar-refractivity contribution in [1.82, 2.24) is 4.98 Å². The second-order valence-electron chi connectivity index (χ2n) is 2.11. The van der Waals surface area contributed by atoms with Crippen molar-refractivity contribution in [3.05, 3.63) is 34.9 Å². The van der Waals surface area contributed by atoms with Crippen LogP contribution in [0.4, 0.5) is 4.39 Å². The standard InChI is InChI=1S/C8H7ClFNS/c9-6-4-7(10)8(11-5-6)2-1-3-12/h1-2,4-5,12H,3H2. The maximum absolute atomic E-state index is 13.0. The molecule has 0 fully saturated rings. The van der Waals surface area contributed by atoms with Gasteiger partial charge in [-0.15, -0.1) is 0 Å². The van der Waals surface area contributed by atoms with E-state index >= 15 is 0 Å². The molecule has 0 N–H and O–H groups in total. The highest BCUT2D eigenvalue weighted by Gasteiger charge is 1.99. The molecule has 0 aliphatic carbocycles. The largest absolute Gasteiger partial charge is 0.252 e. The molecule has 1 aromatic heterocycles. The first-order chi connectivity index (χ1) is 5.74. The average molecular weight is 204 g/mol. The number of halogens is 2. The third-order valence-electron chi connectivity index (χ3n) is 1.22. The minimum absolute atomic E-state index is 0.286. The van der Waals surface area contributed by atoms with Gasteiger partial charge in [0.1, 0.15) is 5.82 Å². The highest BCUT2D eigenvalue weighted by atomic mass is 35.5. The summed E-state index contributed by atoms with van der Waals surface area (Å²) in [6.07, 6.45) is 4.68. The highest BCUT2D eigenvalue weighted by Crippen LogP contribution is 2.12. The monoisotopic (exact) mass is 203 g/mol. The Hall–Kier alpha value is -0.540. The van der Waals surface area contributed by atoms with Gasteiger partial charge in [0.25, 0.3) is 0 Å². The summed E-state index contributed by atoms with van der Waals surface area (Å²) >= 11 is 9.45. The lowest BCUT2D eigenvalue weighted by Gasteiger charge is -1.95. The zero-order valence-corrected chi connectivity index (χ0v) is 7.82. The summed E-state index contributed by atoms with van der Waals surface area (Å²) in [6, 6.07) is 1.23. The molecule has 0 saturated heterocycles. The van der Waals surface area contributed by atoms with Crippen LogP contribution in [0.25, 0.3) is 6.08 Å². The molecule has 0 aliphatic rings. The van der Waals surface area contributed by atoms with Crippen LogP contribution in [0.5, 0.6) is 0 Å². The fraction of sp³-hybridized carbons (Fsp3) is 0.125. The van der Waals surface area contributed by atoms with E-state index in [1.807, 2.05) is 0 Å². The van der Waals surface area contributed by atoms with Crippen molar-refractivity contribution >= 4 is 30.3 Å². The Morgan fingerprint density at radius 1 is 1.67 bits per heavy atom. The van der Waals surface area contributed by atoms with Gasteiger partial charge < -0.3 is 0 Å². The van der Waals surface area contributed by atoms with Crippen LogP contribution >= 0.6 is 24.2 Å². The molecule has 4 heteroatoms. The molecular weight excluding hydrogens is 197 g/mol. The summed E-state index contributed by atoms with van der Waals surface area (Å²) in [5, 5.41) is 0.301. The zero-order valence-electron chi connectivity index (χ0n) is 6.17. The maximum Gasteiger partial charge on any atom is 0.150 e. The lowest BCUT2D eigenvalue weighted by atomic mass is 10.3. The lowest BCUT2D eigenvalue weighted by Crippen LogP contribution is -1.86. The topological polar surface area (TPSA) is 12.9 Å². The Kier molecular flexibility index (Phi) is 3.56. The van der Waals surface area contributed by atoms with Crippen molar-refractivity contribution in [2.75, 3.05) is 5.75 Å². The minimum Gasteiger partial charge on any atom is -0.252 e. The summed E-state index contributed by atoms with van der Waals surface area (Å²) in [6.45, 7) is 0. The first kappa shape index (κ1) is 9.55. The number of pyridine rings is 1. The van der Waals surface area contributed by atoms with Crippen molar-refractivity contribution in [3.8, 4) is 0 Å². The molecule has 1 nitrogen and oxygen atoms in total. The summed E-state index contributed by atoms with van der Waals surface area (Å²) < 4.78 is 13.0. The van der Waals surface area contributed by atoms with E-state index in [0.717, 1.165) is 0 Å². The molecule has 0 amide bonds. The van der Waals surface area contributed by atoms with Gasteiger partial charge in [0.15, 0.2) is 0 Å². The van der Waals surface area contributed by atoms with Gasteiger partial charge in [0.2, 0.25) is 0 Å². The van der Waals surface area contributed by atoms with Gasteiger partial charge in [-0.05, 0) is 12.1 Å². The van der Waals surface area contributed by atoms with Crippen molar-refractivity contribution in [2.45, 2.75) is 0 Å². The molecule has 0 spiro atoms. The predicted molar refractivity (Wildman–Crippen MR) is 52.1 cm³/mol. The fourth-order valence-electron chi connectivity index (χ4n) is 0.712. The molecule has 1 aromatic rings. The maximum atomic E-state index is 13.0. The van der Waals surface area contributed by atoms with Gasteiger partial charge in [-0.1, -0.05) is 17.7 Å². The van der Waals surface area contributed by atoms with E-state index in [4.69, 9.17) is 11.6 Å². The Morgan fingerprint density at radius 3 is 3.00 bits per heavy atom. The number of hydrogen-bond acceptors (Lipinski definition) is 2. The molecule has 1 heterocycles. The smallest absolute Gasteiger partial charge is 0.150 e. The van der Waals surface area contributed by atoms with E-state index in [2.05, 4.69) is 17.6 Å². The van der Waals surface area contributed by atoms with Gasteiger partial charge in [-0.2, -0.15) is 12.6 Å². The van der Waals surface area contributed by atoms with Crippen LogP contribution in [0.3, 0.4) is 0 Å². The summed E-state index contributed by atoms with van der Waals surface area (Å²) in [5.41, 5.74) is 0.286. The average Bonchev–Trinajstić information content (AvgIpc) is 2.03. The number of rotatable bonds is 2. The molecule has 0 unspecified atom stereocenters. The number of hydrogen-bond donors (Lipinski definition) is 1. The molecule has 0 aliphatic heterocycles. The molecule has 0 aromatic carbocycles. The van der Waals surface area contributed by atoms with E-state index in [9.17, 15) is 4.39 Å². The van der Waals surface area contributed by atoms with E-state index in [1.54, 1.807) is 12.2 Å². The van der Waals surface area contributed by atoms with Gasteiger partial charge in [-0.25, -0.2) is 4.39 Å². The van der Waals surface area contributed by atoms with Crippen LogP contribution in [-0.2, 0) is 0 Å². The highest BCUT2D eigenvalue weighted by molar-refractivity contribution is 7.80. The van der Waals surface area contributed by atoms with Crippen molar-refractivity contribution in [3.63, 3.8) is 0 Å². The Balaban J connectivity index is 2.94. The second kappa shape index (κ2) is 4.48. The second-order valence-corrected chi connectivity index (χ2v) is 2.91. The van der Waals surface area contributed by atoms with Gasteiger partial charge in [-0.3, -0.25) is 4.98 Å². The van der Waals surface area contributed by atoms with Crippen LogP contribution in [0.1, 0.15) is 5.69 Å². The van der Waals surface area contributed by atoms with Crippen molar-refractivity contribution < 1.29 is 4.39 Å². The molecule has 1 rings (SSSR count). The van der Waals surface area contributed by atoms with Crippen LogP contribution in [-0.4, -0.2) is 10.7 Å². The van der Waals surface area contributed by atoms with Crippen molar-refractivity contribution in [1.29, 1.82) is 0 Å². The Labute approximate surface area is 80.7 Å². The summed E-state index contributed by atoms with van der Waals surface area (Å²) in [4.78, 5) is 3.79. The predicted octanol–water partition coefficient (Wildman–Crippen LogP) is 2.82. The Bertz CT molecular complexity index is 301. The summed E-state index contributed by atoms with van der Waals surface area (Å²) in [7, 11) is 0. The van der Waals surface area contributed by atoms with Crippen LogP contribution in [0, 0.1) is 5.82 Å². The van der Waals surface area contributed by atoms with Crippen LogP contribution in [0.15, 0.2) is 18.3 Å². The fourth-order valence-corrected chi connectivity index (χ4v) is 0.962. The number of nitrogens with zero attached hydrogens (tertiary/aromatic N) is 1. The molecular formula is C8H7ClFNS. The van der Waals surface area contributed by atoms with Crippen LogP contribution < -0.4 is 0 Å². The lowest BCUT2D eigenvalue weighted by molar-refractivity contribution is 0.618. The third-order valence-corrected chi connectivity index (χ3v) is 1.63. The zero-order chi connectivity index (χ0) is 8.97. The van der Waals surface area contributed by atoms with Gasteiger partial charge in [0.05, 0.1) is 10.7 Å². The number of aromatic nitrogens is 1. The first-order valence-corrected chi connectivity index (χ1v) is 4.33. The molecule has 12 heavy (non-hydrogen) atoms. The molecule has 64 valence electrons. The minimum atomic E-state index is -0.416. The number of thiol groups is 1. The van der Waals surface area contributed by atoms with E-state index in [0.29, 0.717) is 10.8 Å². The molecule has 0 saturated carbocycles. The SMILES string of the molecule is Fc1cc(Cl)cnc1C=CCS. The van der Waals surface area contributed by atoms with Crippen LogP contribution in [0.2, 0.25) is 5.02 Å². The molecule has 0 radical (unpaired) electrons. The van der Waals surface area contributed by atoms with E-state index < -0.39 is 5.82 Å². The Morgan fingerprint density at radius 2 is 2.42 bits per heavy atom. The first-order valence-electron chi connectivity index (χ1n) is 3.32. The quantitative estimate of drug-likeness (QED) is 0.730. The van der Waals surface area contributed by atoms with Gasteiger partial charge >= 0.3 is 0 Å². The third kappa shape index (κ3) is 2.50. The van der Waals surface area contributed by atoms with Crippen molar-refractivity contribution in [2.24, 2.45) is 0 Å². The molecule has 0 atom stereocenters. The normalized spacial score (nSPS) is 10.9. The van der Waals surface area contributed by atoms with E-state index in [1.165, 1.54) is 12.3 Å². The molecule has 0 bridgehead atoms.